The Morgan fingerprint density at radius 3 is 2.46 bits per heavy atom. The van der Waals surface area contributed by atoms with Crippen molar-refractivity contribution in [2.75, 3.05) is 26.7 Å². The van der Waals surface area contributed by atoms with Gasteiger partial charge >= 0.3 is 0 Å². The van der Waals surface area contributed by atoms with Crippen LogP contribution < -0.4 is 10.6 Å². The smallest absolute Gasteiger partial charge is 0.234 e. The molecule has 1 unspecified atom stereocenters. The Bertz CT molecular complexity index is 704. The van der Waals surface area contributed by atoms with Crippen LogP contribution in [0, 0.1) is 5.82 Å². The second-order valence-electron chi connectivity index (χ2n) is 6.09. The second-order valence-corrected chi connectivity index (χ2v) is 7.07. The zero-order valence-corrected chi connectivity index (χ0v) is 15.8. The average Bonchev–Trinajstić information content (AvgIpc) is 3.13. The fraction of sp³-hybridized carbons (Fsp3) is 0.368. The van der Waals surface area contributed by atoms with Crippen LogP contribution in [0.25, 0.3) is 0 Å². The van der Waals surface area contributed by atoms with Gasteiger partial charge in [0.25, 0.3) is 0 Å². The number of amides is 2. The SMILES string of the molecule is CCCNC(=O)CN(C)CC(=O)NC(c1ccc(F)cc1)c1cccs1. The van der Waals surface area contributed by atoms with E-state index in [4.69, 9.17) is 0 Å². The molecule has 0 aliphatic rings. The number of nitrogens with zero attached hydrogens (tertiary/aromatic N) is 1. The van der Waals surface area contributed by atoms with Crippen molar-refractivity contribution in [1.82, 2.24) is 15.5 Å². The Labute approximate surface area is 157 Å². The summed E-state index contributed by atoms with van der Waals surface area (Å²) in [6.45, 7) is 2.87. The first-order valence-corrected chi connectivity index (χ1v) is 9.41. The molecule has 1 heterocycles. The van der Waals surface area contributed by atoms with Crippen molar-refractivity contribution in [2.24, 2.45) is 0 Å². The van der Waals surface area contributed by atoms with E-state index in [0.717, 1.165) is 16.9 Å². The molecule has 2 aromatic rings. The summed E-state index contributed by atoms with van der Waals surface area (Å²) in [5.74, 6) is -0.614. The van der Waals surface area contributed by atoms with Gasteiger partial charge in [-0.25, -0.2) is 4.39 Å². The van der Waals surface area contributed by atoms with E-state index >= 15 is 0 Å². The van der Waals surface area contributed by atoms with Crippen LogP contribution >= 0.6 is 11.3 Å². The second kappa shape index (κ2) is 10.0. The largest absolute Gasteiger partial charge is 0.355 e. The highest BCUT2D eigenvalue weighted by Crippen LogP contribution is 2.26. The third-order valence-corrected chi connectivity index (χ3v) is 4.67. The summed E-state index contributed by atoms with van der Waals surface area (Å²) in [4.78, 5) is 26.8. The summed E-state index contributed by atoms with van der Waals surface area (Å²) < 4.78 is 13.2. The molecule has 0 bridgehead atoms. The number of benzene rings is 1. The van der Waals surface area contributed by atoms with E-state index in [1.165, 1.54) is 23.5 Å². The van der Waals surface area contributed by atoms with Crippen LogP contribution in [0.2, 0.25) is 0 Å². The summed E-state index contributed by atoms with van der Waals surface area (Å²) >= 11 is 1.52. The normalized spacial score (nSPS) is 12.0. The maximum atomic E-state index is 13.2. The molecule has 0 saturated carbocycles. The Hall–Kier alpha value is -2.25. The number of carbonyl (C=O) groups excluding carboxylic acids is 2. The van der Waals surface area contributed by atoms with Crippen LogP contribution in [-0.4, -0.2) is 43.4 Å². The Kier molecular flexibility index (Phi) is 7.74. The van der Waals surface area contributed by atoms with Crippen molar-refractivity contribution < 1.29 is 14.0 Å². The van der Waals surface area contributed by atoms with Crippen LogP contribution in [0.3, 0.4) is 0 Å². The van der Waals surface area contributed by atoms with Gasteiger partial charge in [0.1, 0.15) is 5.82 Å². The molecule has 0 saturated heterocycles. The summed E-state index contributed by atoms with van der Waals surface area (Å²) in [5.41, 5.74) is 0.811. The Balaban J connectivity index is 1.98. The summed E-state index contributed by atoms with van der Waals surface area (Å²) in [7, 11) is 1.73. The number of halogens is 1. The van der Waals surface area contributed by atoms with Crippen LogP contribution in [0.5, 0.6) is 0 Å². The van der Waals surface area contributed by atoms with Gasteiger partial charge < -0.3 is 10.6 Å². The molecule has 1 atom stereocenters. The predicted molar refractivity (Wildman–Crippen MR) is 102 cm³/mol. The van der Waals surface area contributed by atoms with Crippen molar-refractivity contribution in [3.8, 4) is 0 Å². The van der Waals surface area contributed by atoms with Crippen molar-refractivity contribution in [2.45, 2.75) is 19.4 Å². The lowest BCUT2D eigenvalue weighted by Crippen LogP contribution is -2.42. The molecule has 7 heteroatoms. The zero-order valence-electron chi connectivity index (χ0n) is 15.0. The van der Waals surface area contributed by atoms with Crippen molar-refractivity contribution >= 4 is 23.2 Å². The molecule has 26 heavy (non-hydrogen) atoms. The minimum absolute atomic E-state index is 0.0998. The topological polar surface area (TPSA) is 61.4 Å². The van der Waals surface area contributed by atoms with E-state index in [9.17, 15) is 14.0 Å². The maximum absolute atomic E-state index is 13.2. The van der Waals surface area contributed by atoms with Crippen LogP contribution in [0.15, 0.2) is 41.8 Å². The minimum atomic E-state index is -0.342. The minimum Gasteiger partial charge on any atom is -0.355 e. The first kappa shape index (κ1) is 20.1. The molecule has 5 nitrogen and oxygen atoms in total. The average molecular weight is 377 g/mol. The highest BCUT2D eigenvalue weighted by atomic mass is 32.1. The van der Waals surface area contributed by atoms with Gasteiger partial charge in [-0.05, 0) is 42.6 Å². The van der Waals surface area contributed by atoms with Crippen molar-refractivity contribution in [3.05, 3.63) is 58.0 Å². The van der Waals surface area contributed by atoms with Gasteiger partial charge in [0, 0.05) is 11.4 Å². The molecule has 2 amide bonds. The van der Waals surface area contributed by atoms with Gasteiger partial charge in [-0.2, -0.15) is 0 Å². The molecular weight excluding hydrogens is 353 g/mol. The van der Waals surface area contributed by atoms with E-state index in [2.05, 4.69) is 10.6 Å². The molecule has 0 spiro atoms. The molecular formula is C19H24FN3O2S. The van der Waals surface area contributed by atoms with E-state index in [0.29, 0.717) is 6.54 Å². The van der Waals surface area contributed by atoms with Crippen LogP contribution in [-0.2, 0) is 9.59 Å². The Morgan fingerprint density at radius 2 is 1.85 bits per heavy atom. The number of likely N-dealkylation sites (N-methyl/N-ethyl adjacent to an activating group) is 1. The lowest BCUT2D eigenvalue weighted by Gasteiger charge is -2.21. The standard InChI is InChI=1S/C19H24FN3O2S/c1-3-10-21-17(24)12-23(2)13-18(25)22-19(16-5-4-11-26-16)14-6-8-15(20)9-7-14/h4-9,11,19H,3,10,12-13H2,1-2H3,(H,21,24)(H,22,25). The summed E-state index contributed by atoms with van der Waals surface area (Å²) in [5, 5.41) is 7.70. The molecule has 0 fully saturated rings. The molecule has 0 radical (unpaired) electrons. The molecule has 1 aromatic carbocycles. The van der Waals surface area contributed by atoms with Gasteiger partial charge in [0.05, 0.1) is 19.1 Å². The molecule has 2 N–H and O–H groups in total. The predicted octanol–water partition coefficient (Wildman–Crippen LogP) is 2.55. The van der Waals surface area contributed by atoms with Crippen molar-refractivity contribution in [3.63, 3.8) is 0 Å². The lowest BCUT2D eigenvalue weighted by atomic mass is 10.1. The van der Waals surface area contributed by atoms with E-state index in [1.54, 1.807) is 24.1 Å². The fourth-order valence-electron chi connectivity index (χ4n) is 2.50. The van der Waals surface area contributed by atoms with Gasteiger partial charge in [-0.1, -0.05) is 25.1 Å². The van der Waals surface area contributed by atoms with Crippen LogP contribution in [0.4, 0.5) is 4.39 Å². The first-order chi connectivity index (χ1) is 12.5. The third kappa shape index (κ3) is 6.24. The Morgan fingerprint density at radius 1 is 1.15 bits per heavy atom. The molecule has 1 aromatic heterocycles. The van der Waals surface area contributed by atoms with Gasteiger partial charge in [-0.3, -0.25) is 14.5 Å². The first-order valence-electron chi connectivity index (χ1n) is 8.53. The van der Waals surface area contributed by atoms with Gasteiger partial charge in [0.2, 0.25) is 11.8 Å². The van der Waals surface area contributed by atoms with E-state index in [1.807, 2.05) is 24.4 Å². The van der Waals surface area contributed by atoms with Gasteiger partial charge in [-0.15, -0.1) is 11.3 Å². The maximum Gasteiger partial charge on any atom is 0.234 e. The highest BCUT2D eigenvalue weighted by molar-refractivity contribution is 7.10. The quantitative estimate of drug-likeness (QED) is 0.706. The summed E-state index contributed by atoms with van der Waals surface area (Å²) in [6, 6.07) is 9.60. The molecule has 0 aliphatic carbocycles. The molecule has 2 rings (SSSR count). The van der Waals surface area contributed by atoms with Gasteiger partial charge in [0.15, 0.2) is 0 Å². The number of nitrogens with one attached hydrogen (secondary N) is 2. The van der Waals surface area contributed by atoms with Crippen molar-refractivity contribution in [1.29, 1.82) is 0 Å². The monoisotopic (exact) mass is 377 g/mol. The zero-order chi connectivity index (χ0) is 18.9. The van der Waals surface area contributed by atoms with E-state index < -0.39 is 0 Å². The number of hydrogen-bond acceptors (Lipinski definition) is 4. The highest BCUT2D eigenvalue weighted by Gasteiger charge is 2.19. The summed E-state index contributed by atoms with van der Waals surface area (Å²) in [6.07, 6.45) is 0.871. The number of hydrogen-bond donors (Lipinski definition) is 2. The number of rotatable bonds is 9. The number of thiophene rings is 1. The van der Waals surface area contributed by atoms with E-state index in [-0.39, 0.29) is 36.8 Å². The lowest BCUT2D eigenvalue weighted by molar-refractivity contribution is -0.124. The third-order valence-electron chi connectivity index (χ3n) is 3.74. The number of carbonyl (C=O) groups is 2. The molecule has 140 valence electrons. The van der Waals surface area contributed by atoms with Crippen LogP contribution in [0.1, 0.15) is 29.8 Å². The molecule has 0 aliphatic heterocycles. The fourth-order valence-corrected chi connectivity index (χ4v) is 3.31.